The Balaban J connectivity index is 1.92. The Kier molecular flexibility index (Phi) is 8.60. The Morgan fingerprint density at radius 1 is 1.08 bits per heavy atom. The van der Waals surface area contributed by atoms with Crippen LogP contribution in [0.3, 0.4) is 0 Å². The molecule has 0 radical (unpaired) electrons. The first kappa shape index (κ1) is 28.2. The first-order chi connectivity index (χ1) is 16.7. The van der Waals surface area contributed by atoms with Crippen LogP contribution in [0.15, 0.2) is 18.6 Å². The maximum absolute atomic E-state index is 14.3. The van der Waals surface area contributed by atoms with Crippen LogP contribution in [-0.4, -0.2) is 49.7 Å². The van der Waals surface area contributed by atoms with Crippen LogP contribution in [0.25, 0.3) is 0 Å². The molecule has 0 atom stereocenters. The molecule has 0 unspecified atom stereocenters. The van der Waals surface area contributed by atoms with Gasteiger partial charge in [0.15, 0.2) is 5.69 Å². The number of carbonyl (C=O) groups is 2. The molecule has 2 aromatic heterocycles. The predicted molar refractivity (Wildman–Crippen MR) is 129 cm³/mol. The number of pyridine rings is 1. The van der Waals surface area contributed by atoms with Gasteiger partial charge in [-0.1, -0.05) is 44.0 Å². The van der Waals surface area contributed by atoms with Crippen LogP contribution in [-0.2, 0) is 17.4 Å². The van der Waals surface area contributed by atoms with Crippen molar-refractivity contribution in [2.24, 2.45) is 11.3 Å². The van der Waals surface area contributed by atoms with Gasteiger partial charge in [0.25, 0.3) is 5.91 Å². The molecule has 2 aromatic rings. The molecule has 0 bridgehead atoms. The third-order valence-electron chi connectivity index (χ3n) is 6.22. The smallest absolute Gasteiger partial charge is 0.433 e. The number of aliphatic carboxylic acids is 1. The molecule has 0 aliphatic heterocycles. The van der Waals surface area contributed by atoms with E-state index in [2.05, 4.69) is 10.1 Å². The third kappa shape index (κ3) is 6.70. The zero-order valence-corrected chi connectivity index (χ0v) is 21.8. The number of hydrogen-bond acceptors (Lipinski definition) is 4. The number of carbonyl (C=O) groups excluding carboxylic acids is 1. The van der Waals surface area contributed by atoms with Crippen LogP contribution in [0.5, 0.6) is 0 Å². The lowest BCUT2D eigenvalue weighted by molar-refractivity contribution is -0.147. The summed E-state index contributed by atoms with van der Waals surface area (Å²) >= 11 is 12.4. The molecule has 0 saturated heterocycles. The number of carboxylic acids is 1. The van der Waals surface area contributed by atoms with Gasteiger partial charge >= 0.3 is 12.1 Å². The normalized spacial score (nSPS) is 18.8. The van der Waals surface area contributed by atoms with E-state index in [-0.39, 0.29) is 45.2 Å². The van der Waals surface area contributed by atoms with Crippen LogP contribution < -0.4 is 0 Å². The molecule has 1 aliphatic carbocycles. The molecular weight excluding hydrogens is 520 g/mol. The summed E-state index contributed by atoms with van der Waals surface area (Å²) in [5, 5.41) is 13.8. The van der Waals surface area contributed by atoms with Gasteiger partial charge in [0.2, 0.25) is 0 Å². The van der Waals surface area contributed by atoms with E-state index in [1.54, 1.807) is 0 Å². The van der Waals surface area contributed by atoms with E-state index in [9.17, 15) is 27.9 Å². The Morgan fingerprint density at radius 3 is 2.17 bits per heavy atom. The summed E-state index contributed by atoms with van der Waals surface area (Å²) in [7, 11) is 0. The van der Waals surface area contributed by atoms with Crippen LogP contribution in [0.4, 0.5) is 13.2 Å². The zero-order valence-electron chi connectivity index (χ0n) is 20.3. The van der Waals surface area contributed by atoms with Gasteiger partial charge in [-0.2, -0.15) is 18.3 Å². The summed E-state index contributed by atoms with van der Waals surface area (Å²) in [6, 6.07) is -0.635. The van der Waals surface area contributed by atoms with E-state index < -0.39 is 46.7 Å². The lowest BCUT2D eigenvalue weighted by Crippen LogP contribution is -2.40. The number of rotatable bonds is 7. The van der Waals surface area contributed by atoms with Crippen LogP contribution >= 0.6 is 23.2 Å². The van der Waals surface area contributed by atoms with Gasteiger partial charge in [0, 0.05) is 25.5 Å². The van der Waals surface area contributed by atoms with E-state index in [1.807, 2.05) is 20.8 Å². The molecule has 2 heterocycles. The van der Waals surface area contributed by atoms with Crippen molar-refractivity contribution in [3.63, 3.8) is 0 Å². The SMILES string of the molecule is CC(C)(C)CN(CCc1c(Cl)cncc1Cl)C(=O)c1cnn([C@H]2CC[C@H](C(=O)O)CC2)c1C(F)(F)F. The second-order valence-corrected chi connectivity index (χ2v) is 11.1. The van der Waals surface area contributed by atoms with Gasteiger partial charge < -0.3 is 10.0 Å². The molecule has 1 N–H and O–H groups in total. The standard InChI is InChI=1S/C24H29Cl2F3N4O3/c1-23(2,3)13-32(9-8-16-18(25)11-30-12-19(16)26)21(34)17-10-31-33(20(17)24(27,28)29)15-6-4-14(5-7-15)22(35)36/h10-12,14-15H,4-9,13H2,1-3H3,(H,35,36)/t14-,15-. The molecule has 12 heteroatoms. The number of hydrogen-bond donors (Lipinski definition) is 1. The van der Waals surface area contributed by atoms with Gasteiger partial charge in [-0.3, -0.25) is 19.3 Å². The first-order valence-electron chi connectivity index (χ1n) is 11.6. The van der Waals surface area contributed by atoms with Crippen molar-refractivity contribution in [3.8, 4) is 0 Å². The van der Waals surface area contributed by atoms with Crippen molar-refractivity contribution in [2.45, 2.75) is 65.1 Å². The highest BCUT2D eigenvalue weighted by Crippen LogP contribution is 2.39. The fourth-order valence-electron chi connectivity index (χ4n) is 4.56. The minimum absolute atomic E-state index is 0.0890. The number of alkyl halides is 3. The number of amides is 1. The fraction of sp³-hybridized carbons (Fsp3) is 0.583. The maximum atomic E-state index is 14.3. The van der Waals surface area contributed by atoms with Gasteiger partial charge in [-0.15, -0.1) is 0 Å². The lowest BCUT2D eigenvalue weighted by atomic mass is 9.86. The first-order valence-corrected chi connectivity index (χ1v) is 12.4. The molecule has 7 nitrogen and oxygen atoms in total. The second kappa shape index (κ2) is 11.0. The van der Waals surface area contributed by atoms with Crippen molar-refractivity contribution >= 4 is 35.1 Å². The highest BCUT2D eigenvalue weighted by Gasteiger charge is 2.43. The summed E-state index contributed by atoms with van der Waals surface area (Å²) in [6.07, 6.45) is 0.199. The molecule has 1 fully saturated rings. The summed E-state index contributed by atoms with van der Waals surface area (Å²) in [4.78, 5) is 30.0. The minimum atomic E-state index is -4.82. The Bertz CT molecular complexity index is 1090. The molecule has 1 amide bonds. The van der Waals surface area contributed by atoms with Crippen LogP contribution in [0, 0.1) is 11.3 Å². The van der Waals surface area contributed by atoms with Gasteiger partial charge in [0.05, 0.1) is 33.8 Å². The van der Waals surface area contributed by atoms with Crippen molar-refractivity contribution in [3.05, 3.63) is 45.5 Å². The molecular formula is C24H29Cl2F3N4O3. The van der Waals surface area contributed by atoms with Gasteiger partial charge in [-0.25, -0.2) is 0 Å². The highest BCUT2D eigenvalue weighted by atomic mass is 35.5. The summed E-state index contributed by atoms with van der Waals surface area (Å²) < 4.78 is 43.6. The maximum Gasteiger partial charge on any atom is 0.433 e. The van der Waals surface area contributed by atoms with Crippen molar-refractivity contribution in [1.29, 1.82) is 0 Å². The average Bonchev–Trinajstić information content (AvgIpc) is 3.22. The van der Waals surface area contributed by atoms with Crippen molar-refractivity contribution < 1.29 is 27.9 Å². The van der Waals surface area contributed by atoms with E-state index in [1.165, 1.54) is 17.3 Å². The van der Waals surface area contributed by atoms with Crippen molar-refractivity contribution in [2.75, 3.05) is 13.1 Å². The van der Waals surface area contributed by atoms with Crippen molar-refractivity contribution in [1.82, 2.24) is 19.7 Å². The molecule has 36 heavy (non-hydrogen) atoms. The third-order valence-corrected chi connectivity index (χ3v) is 6.87. The number of aromatic nitrogens is 3. The Labute approximate surface area is 217 Å². The van der Waals surface area contributed by atoms with E-state index in [0.717, 1.165) is 10.9 Å². The molecule has 3 rings (SSSR count). The topological polar surface area (TPSA) is 88.3 Å². The number of halogens is 5. The quantitative estimate of drug-likeness (QED) is 0.448. The van der Waals surface area contributed by atoms with Crippen LogP contribution in [0.2, 0.25) is 10.0 Å². The van der Waals surface area contributed by atoms with E-state index >= 15 is 0 Å². The molecule has 1 saturated carbocycles. The second-order valence-electron chi connectivity index (χ2n) is 10.3. The average molecular weight is 549 g/mol. The summed E-state index contributed by atoms with van der Waals surface area (Å²) in [5.41, 5.74) is -1.48. The molecule has 1 aliphatic rings. The fourth-order valence-corrected chi connectivity index (χ4v) is 5.12. The number of carboxylic acid groups (broad SMARTS) is 1. The number of nitrogens with zero attached hydrogens (tertiary/aromatic N) is 4. The lowest BCUT2D eigenvalue weighted by Gasteiger charge is -2.31. The molecule has 198 valence electrons. The molecule has 0 aromatic carbocycles. The zero-order chi connectivity index (χ0) is 26.8. The van der Waals surface area contributed by atoms with Gasteiger partial charge in [-0.05, 0) is 43.1 Å². The molecule has 0 spiro atoms. The highest BCUT2D eigenvalue weighted by molar-refractivity contribution is 6.35. The van der Waals surface area contributed by atoms with E-state index in [4.69, 9.17) is 23.2 Å². The van der Waals surface area contributed by atoms with Crippen LogP contribution in [0.1, 0.15) is 74.1 Å². The predicted octanol–water partition coefficient (Wildman–Crippen LogP) is 6.15. The largest absolute Gasteiger partial charge is 0.481 e. The minimum Gasteiger partial charge on any atom is -0.481 e. The Morgan fingerprint density at radius 2 is 1.67 bits per heavy atom. The van der Waals surface area contributed by atoms with Gasteiger partial charge in [0.1, 0.15) is 0 Å². The monoisotopic (exact) mass is 548 g/mol. The van der Waals surface area contributed by atoms with E-state index in [0.29, 0.717) is 15.6 Å². The Hall–Kier alpha value is -2.33. The summed E-state index contributed by atoms with van der Waals surface area (Å²) in [6.45, 7) is 5.93. The summed E-state index contributed by atoms with van der Waals surface area (Å²) in [5.74, 6) is -2.32.